The quantitative estimate of drug-likeness (QED) is 0.731. The summed E-state index contributed by atoms with van der Waals surface area (Å²) in [7, 11) is 0. The highest BCUT2D eigenvalue weighted by Crippen LogP contribution is 2.44. The third kappa shape index (κ3) is 1.34. The van der Waals surface area contributed by atoms with Gasteiger partial charge in [0.2, 0.25) is 0 Å². The number of hydrogen-bond acceptors (Lipinski definition) is 2. The van der Waals surface area contributed by atoms with E-state index in [9.17, 15) is 0 Å². The molecule has 0 amide bonds. The van der Waals surface area contributed by atoms with Crippen molar-refractivity contribution in [1.82, 2.24) is 14.5 Å². The van der Waals surface area contributed by atoms with E-state index in [0.29, 0.717) is 11.9 Å². The molecule has 3 rings (SSSR count). The number of halogens is 1. The Balaban J connectivity index is 2.23. The maximum atomic E-state index is 5.91. The van der Waals surface area contributed by atoms with Crippen LogP contribution in [-0.4, -0.2) is 14.5 Å². The topological polar surface area (TPSA) is 30.7 Å². The molecule has 0 saturated heterocycles. The van der Waals surface area contributed by atoms with Crippen LogP contribution in [0.3, 0.4) is 0 Å². The normalized spacial score (nSPS) is 24.7. The van der Waals surface area contributed by atoms with Crippen molar-refractivity contribution in [3.8, 4) is 0 Å². The zero-order valence-corrected chi connectivity index (χ0v) is 9.28. The third-order valence-corrected chi connectivity index (χ3v) is 3.28. The first kappa shape index (κ1) is 9.16. The van der Waals surface area contributed by atoms with Gasteiger partial charge in [-0.1, -0.05) is 6.92 Å². The second-order valence-electron chi connectivity index (χ2n) is 4.16. The molecule has 2 aromatic heterocycles. The van der Waals surface area contributed by atoms with Gasteiger partial charge >= 0.3 is 0 Å². The lowest BCUT2D eigenvalue weighted by molar-refractivity contribution is 0.672. The first-order valence-electron chi connectivity index (χ1n) is 5.19. The van der Waals surface area contributed by atoms with Crippen LogP contribution in [0.5, 0.6) is 0 Å². The molecule has 0 radical (unpaired) electrons. The van der Waals surface area contributed by atoms with Gasteiger partial charge in [-0.2, -0.15) is 0 Å². The molecule has 78 valence electrons. The second-order valence-corrected chi connectivity index (χ2v) is 4.43. The first-order chi connectivity index (χ1) is 7.31. The molecule has 15 heavy (non-hydrogen) atoms. The molecule has 2 aromatic rings. The molecule has 3 nitrogen and oxygen atoms in total. The number of hydrogen-bond donors (Lipinski definition) is 0. The minimum absolute atomic E-state index is 0.458. The second kappa shape index (κ2) is 3.20. The molecule has 1 aliphatic rings. The van der Waals surface area contributed by atoms with Gasteiger partial charge in [0.15, 0.2) is 5.65 Å². The van der Waals surface area contributed by atoms with E-state index in [1.54, 1.807) is 0 Å². The number of fused-ring (bicyclic) bond motifs is 1. The van der Waals surface area contributed by atoms with Crippen LogP contribution in [0.25, 0.3) is 11.2 Å². The van der Waals surface area contributed by atoms with Crippen LogP contribution >= 0.6 is 11.6 Å². The molecule has 0 bridgehead atoms. The summed E-state index contributed by atoms with van der Waals surface area (Å²) < 4.78 is 2.20. The van der Waals surface area contributed by atoms with Crippen molar-refractivity contribution in [2.24, 2.45) is 5.92 Å². The average molecular weight is 222 g/mol. The van der Waals surface area contributed by atoms with Crippen LogP contribution in [0.1, 0.15) is 25.2 Å². The Bertz CT molecular complexity index is 506. The van der Waals surface area contributed by atoms with Crippen molar-refractivity contribution in [1.29, 1.82) is 0 Å². The summed E-state index contributed by atoms with van der Waals surface area (Å²) in [6, 6.07) is 4.45. The Morgan fingerprint density at radius 1 is 1.60 bits per heavy atom. The van der Waals surface area contributed by atoms with E-state index in [1.807, 2.05) is 18.3 Å². The average Bonchev–Trinajstić information content (AvgIpc) is 2.85. The van der Waals surface area contributed by atoms with Gasteiger partial charge in [-0.25, -0.2) is 9.97 Å². The number of rotatable bonds is 2. The highest BCUT2D eigenvalue weighted by Gasteiger charge is 2.37. The monoisotopic (exact) mass is 221 g/mol. The van der Waals surface area contributed by atoms with Crippen LogP contribution in [0.15, 0.2) is 18.3 Å². The van der Waals surface area contributed by atoms with Gasteiger partial charge in [0, 0.05) is 12.2 Å². The zero-order chi connectivity index (χ0) is 10.4. The van der Waals surface area contributed by atoms with Gasteiger partial charge in [0.05, 0.1) is 5.88 Å². The summed E-state index contributed by atoms with van der Waals surface area (Å²) in [5, 5.41) is 0. The Morgan fingerprint density at radius 2 is 2.40 bits per heavy atom. The van der Waals surface area contributed by atoms with Crippen molar-refractivity contribution in [3.63, 3.8) is 0 Å². The fourth-order valence-electron chi connectivity index (χ4n) is 2.08. The minimum atomic E-state index is 0.458. The lowest BCUT2D eigenvalue weighted by Crippen LogP contribution is -2.01. The molecule has 2 atom stereocenters. The number of alkyl halides is 1. The Kier molecular flexibility index (Phi) is 1.96. The molecular weight excluding hydrogens is 210 g/mol. The van der Waals surface area contributed by atoms with E-state index in [1.165, 1.54) is 6.42 Å². The van der Waals surface area contributed by atoms with Crippen molar-refractivity contribution < 1.29 is 0 Å². The van der Waals surface area contributed by atoms with E-state index in [0.717, 1.165) is 22.9 Å². The predicted octanol–water partition coefficient (Wildman–Crippen LogP) is 2.75. The van der Waals surface area contributed by atoms with E-state index < -0.39 is 0 Å². The number of aromatic nitrogens is 3. The molecule has 1 saturated carbocycles. The summed E-state index contributed by atoms with van der Waals surface area (Å²) in [6.07, 6.45) is 3.03. The Morgan fingerprint density at radius 3 is 3.07 bits per heavy atom. The van der Waals surface area contributed by atoms with Gasteiger partial charge in [0.1, 0.15) is 11.3 Å². The fraction of sp³-hybridized carbons (Fsp3) is 0.455. The van der Waals surface area contributed by atoms with E-state index in [4.69, 9.17) is 11.6 Å². The SMILES string of the molecule is CC1CC1n1c(CCl)nc2cccnc21. The molecule has 0 aromatic carbocycles. The minimum Gasteiger partial charge on any atom is -0.308 e. The standard InChI is InChI=1S/C11H12ClN3/c1-7-5-9(7)15-10(6-12)14-8-3-2-4-13-11(8)15/h2-4,7,9H,5-6H2,1H3. The van der Waals surface area contributed by atoms with Gasteiger partial charge in [-0.05, 0) is 24.5 Å². The summed E-state index contributed by atoms with van der Waals surface area (Å²) >= 11 is 5.91. The Labute approximate surface area is 93.1 Å². The molecule has 1 aliphatic carbocycles. The van der Waals surface area contributed by atoms with Crippen LogP contribution < -0.4 is 0 Å². The molecule has 4 heteroatoms. The molecule has 1 fully saturated rings. The van der Waals surface area contributed by atoms with Gasteiger partial charge in [-0.15, -0.1) is 11.6 Å². The number of nitrogens with zero attached hydrogens (tertiary/aromatic N) is 3. The molecule has 0 spiro atoms. The van der Waals surface area contributed by atoms with Crippen LogP contribution in [0.4, 0.5) is 0 Å². The predicted molar refractivity (Wildman–Crippen MR) is 59.9 cm³/mol. The summed E-state index contributed by atoms with van der Waals surface area (Å²) in [4.78, 5) is 8.88. The van der Waals surface area contributed by atoms with E-state index in [2.05, 4.69) is 21.5 Å². The summed E-state index contributed by atoms with van der Waals surface area (Å²) in [6.45, 7) is 2.25. The van der Waals surface area contributed by atoms with Crippen molar-refractivity contribution >= 4 is 22.8 Å². The zero-order valence-electron chi connectivity index (χ0n) is 8.52. The van der Waals surface area contributed by atoms with Gasteiger partial charge in [-0.3, -0.25) is 0 Å². The summed E-state index contributed by atoms with van der Waals surface area (Å²) in [5.74, 6) is 2.13. The molecule has 2 heterocycles. The van der Waals surface area contributed by atoms with E-state index >= 15 is 0 Å². The smallest absolute Gasteiger partial charge is 0.160 e. The maximum absolute atomic E-state index is 5.91. The third-order valence-electron chi connectivity index (χ3n) is 3.04. The fourth-order valence-corrected chi connectivity index (χ4v) is 2.27. The number of pyridine rings is 1. The van der Waals surface area contributed by atoms with E-state index in [-0.39, 0.29) is 0 Å². The summed E-state index contributed by atoms with van der Waals surface area (Å²) in [5.41, 5.74) is 1.93. The molecule has 0 N–H and O–H groups in total. The van der Waals surface area contributed by atoms with Crippen LogP contribution in [-0.2, 0) is 5.88 Å². The van der Waals surface area contributed by atoms with Gasteiger partial charge in [0.25, 0.3) is 0 Å². The van der Waals surface area contributed by atoms with Crippen molar-refractivity contribution in [3.05, 3.63) is 24.2 Å². The lowest BCUT2D eigenvalue weighted by atomic mass is 10.4. The van der Waals surface area contributed by atoms with Crippen molar-refractivity contribution in [2.45, 2.75) is 25.3 Å². The molecule has 2 unspecified atom stereocenters. The van der Waals surface area contributed by atoms with Crippen LogP contribution in [0, 0.1) is 5.92 Å². The largest absolute Gasteiger partial charge is 0.308 e. The van der Waals surface area contributed by atoms with Gasteiger partial charge < -0.3 is 4.57 Å². The maximum Gasteiger partial charge on any atom is 0.160 e. The van der Waals surface area contributed by atoms with Crippen molar-refractivity contribution in [2.75, 3.05) is 0 Å². The highest BCUT2D eigenvalue weighted by molar-refractivity contribution is 6.16. The molecule has 0 aliphatic heterocycles. The van der Waals surface area contributed by atoms with Crippen LogP contribution in [0.2, 0.25) is 0 Å². The first-order valence-corrected chi connectivity index (χ1v) is 5.72. The molecular formula is C11H12ClN3. The Hall–Kier alpha value is -1.09. The number of imidazole rings is 1. The highest BCUT2D eigenvalue weighted by atomic mass is 35.5. The lowest BCUT2D eigenvalue weighted by Gasteiger charge is -2.04.